The summed E-state index contributed by atoms with van der Waals surface area (Å²) in [4.78, 5) is 4.05. The van der Waals surface area contributed by atoms with Gasteiger partial charge in [-0.25, -0.2) is 0 Å². The van der Waals surface area contributed by atoms with Crippen molar-refractivity contribution in [1.82, 2.24) is 9.71 Å². The fourth-order valence-electron chi connectivity index (χ4n) is 1.35. The first-order chi connectivity index (χ1) is 7.20. The van der Waals surface area contributed by atoms with Gasteiger partial charge in [-0.2, -0.15) is 4.73 Å². The van der Waals surface area contributed by atoms with Gasteiger partial charge in [0.25, 0.3) is 0 Å². The third-order valence-corrected chi connectivity index (χ3v) is 2.23. The molecule has 0 aliphatic carbocycles. The topological polar surface area (TPSA) is 61.9 Å². The molecule has 4 heteroatoms. The Morgan fingerprint density at radius 2 is 1.93 bits per heavy atom. The van der Waals surface area contributed by atoms with Crippen molar-refractivity contribution in [3.8, 4) is 11.3 Å². The van der Waals surface area contributed by atoms with Crippen molar-refractivity contribution in [3.63, 3.8) is 0 Å². The predicted molar refractivity (Wildman–Crippen MR) is 55.4 cm³/mol. The second-order valence-electron chi connectivity index (χ2n) is 3.26. The van der Waals surface area contributed by atoms with Crippen LogP contribution in [0.15, 0.2) is 36.5 Å². The van der Waals surface area contributed by atoms with Gasteiger partial charge >= 0.3 is 0 Å². The van der Waals surface area contributed by atoms with Crippen molar-refractivity contribution >= 4 is 0 Å². The fraction of sp³-hybridized carbons (Fsp3) is 0.0909. The summed E-state index contributed by atoms with van der Waals surface area (Å²) in [5, 5.41) is 17.3. The summed E-state index contributed by atoms with van der Waals surface area (Å²) in [6, 6.07) is 9.36. The molecule has 76 valence electrons. The number of aromatic nitrogens is 2. The molecule has 1 heterocycles. The summed E-state index contributed by atoms with van der Waals surface area (Å²) >= 11 is 0. The van der Waals surface area contributed by atoms with Crippen LogP contribution in [-0.2, 0) is 0 Å². The number of benzene rings is 1. The molecular weight excluding hydrogens is 190 g/mol. The maximum Gasteiger partial charge on any atom is 0.182 e. The van der Waals surface area contributed by atoms with E-state index >= 15 is 0 Å². The molecule has 0 amide bonds. The lowest BCUT2D eigenvalue weighted by molar-refractivity contribution is 0.173. The Morgan fingerprint density at radius 1 is 1.27 bits per heavy atom. The predicted octanol–water partition coefficient (Wildman–Crippen LogP) is 1.58. The van der Waals surface area contributed by atoms with Gasteiger partial charge in [-0.1, -0.05) is 30.3 Å². The van der Waals surface area contributed by atoms with Crippen LogP contribution in [0.1, 0.15) is 5.69 Å². The monoisotopic (exact) mass is 201 g/mol. The van der Waals surface area contributed by atoms with Crippen molar-refractivity contribution in [2.45, 2.75) is 6.92 Å². The molecule has 2 aromatic rings. The lowest BCUT2D eigenvalue weighted by Gasteiger charge is -2.07. The molecule has 15 heavy (non-hydrogen) atoms. The summed E-state index contributed by atoms with van der Waals surface area (Å²) < 4.78 is 0.845. The van der Waals surface area contributed by atoms with Crippen molar-refractivity contribution in [3.05, 3.63) is 47.7 Å². The van der Waals surface area contributed by atoms with E-state index in [0.717, 1.165) is 10.3 Å². The number of hydrogen-bond donors (Lipinski definition) is 2. The van der Waals surface area contributed by atoms with Crippen LogP contribution in [0.4, 0.5) is 0 Å². The van der Waals surface area contributed by atoms with Gasteiger partial charge in [0.2, 0.25) is 0 Å². The molecule has 1 aromatic heterocycles. The maximum atomic E-state index is 9.72. The molecule has 2 rings (SSSR count). The molecule has 0 atom stereocenters. The van der Waals surface area contributed by atoms with E-state index in [2.05, 4.69) is 4.98 Å². The Labute approximate surface area is 86.9 Å². The van der Waals surface area contributed by atoms with E-state index < -0.39 is 0 Å². The van der Waals surface area contributed by atoms with Gasteiger partial charge in [-0.3, -0.25) is 10.4 Å². The summed E-state index contributed by atoms with van der Waals surface area (Å²) in [7, 11) is 0. The first-order valence-electron chi connectivity index (χ1n) is 4.58. The minimum atomic E-state index is 0.0105. The third-order valence-electron chi connectivity index (χ3n) is 2.23. The zero-order valence-electron chi connectivity index (χ0n) is 8.31. The van der Waals surface area contributed by atoms with Gasteiger partial charge in [0.1, 0.15) is 5.69 Å². The van der Waals surface area contributed by atoms with Crippen LogP contribution in [0.3, 0.4) is 0 Å². The fourth-order valence-corrected chi connectivity index (χ4v) is 1.35. The molecule has 0 unspecified atom stereocenters. The third kappa shape index (κ3) is 1.61. The standard InChI is InChI=1S/C11H11N3O/c1-8-11(12)14(15)10(7-13-8)9-5-3-2-4-6-9/h2-7,12,15H,1H3. The van der Waals surface area contributed by atoms with Crippen LogP contribution < -0.4 is 5.49 Å². The summed E-state index contributed by atoms with van der Waals surface area (Å²) in [5.41, 5.74) is 1.86. The smallest absolute Gasteiger partial charge is 0.182 e. The largest absolute Gasteiger partial charge is 0.426 e. The second-order valence-corrected chi connectivity index (χ2v) is 3.26. The Hall–Kier alpha value is -2.10. The first kappa shape index (κ1) is 9.45. The Morgan fingerprint density at radius 3 is 2.60 bits per heavy atom. The van der Waals surface area contributed by atoms with E-state index in [1.165, 1.54) is 0 Å². The number of nitrogens with zero attached hydrogens (tertiary/aromatic N) is 2. The Kier molecular flexibility index (Phi) is 2.25. The highest BCUT2D eigenvalue weighted by Gasteiger charge is 2.05. The molecule has 0 bridgehead atoms. The van der Waals surface area contributed by atoms with Gasteiger partial charge in [0, 0.05) is 5.56 Å². The van der Waals surface area contributed by atoms with Crippen molar-refractivity contribution in [2.75, 3.05) is 0 Å². The average Bonchev–Trinajstić information content (AvgIpc) is 2.27. The minimum Gasteiger partial charge on any atom is -0.426 e. The molecule has 0 fully saturated rings. The summed E-state index contributed by atoms with van der Waals surface area (Å²) in [6.07, 6.45) is 1.56. The van der Waals surface area contributed by atoms with Gasteiger partial charge in [-0.15, -0.1) is 0 Å². The van der Waals surface area contributed by atoms with Crippen molar-refractivity contribution in [2.24, 2.45) is 0 Å². The SMILES string of the molecule is Cc1ncc(-c2ccccc2)n(O)c1=N. The molecule has 2 N–H and O–H groups in total. The zero-order chi connectivity index (χ0) is 10.8. The lowest BCUT2D eigenvalue weighted by atomic mass is 10.2. The molecule has 0 aliphatic heterocycles. The lowest BCUT2D eigenvalue weighted by Crippen LogP contribution is -2.23. The number of aryl methyl sites for hydroxylation is 1. The van der Waals surface area contributed by atoms with Crippen LogP contribution in [0.25, 0.3) is 11.3 Å². The van der Waals surface area contributed by atoms with Gasteiger partial charge in [0.15, 0.2) is 5.49 Å². The number of rotatable bonds is 1. The van der Waals surface area contributed by atoms with Crippen LogP contribution in [0.2, 0.25) is 0 Å². The van der Waals surface area contributed by atoms with E-state index in [4.69, 9.17) is 5.41 Å². The van der Waals surface area contributed by atoms with Gasteiger partial charge < -0.3 is 5.21 Å². The molecule has 1 aromatic carbocycles. The number of nitrogens with one attached hydrogen (secondary N) is 1. The van der Waals surface area contributed by atoms with E-state index in [1.54, 1.807) is 13.1 Å². The molecule has 0 saturated heterocycles. The van der Waals surface area contributed by atoms with E-state index in [1.807, 2.05) is 30.3 Å². The molecule has 4 nitrogen and oxygen atoms in total. The van der Waals surface area contributed by atoms with E-state index in [-0.39, 0.29) is 5.49 Å². The van der Waals surface area contributed by atoms with Crippen LogP contribution in [0.5, 0.6) is 0 Å². The van der Waals surface area contributed by atoms with E-state index in [0.29, 0.717) is 11.4 Å². The van der Waals surface area contributed by atoms with Crippen LogP contribution in [-0.4, -0.2) is 14.9 Å². The highest BCUT2D eigenvalue weighted by atomic mass is 16.5. The quantitative estimate of drug-likeness (QED) is 0.688. The Bertz CT molecular complexity index is 531. The first-order valence-corrected chi connectivity index (χ1v) is 4.58. The van der Waals surface area contributed by atoms with Crippen LogP contribution in [0, 0.1) is 12.3 Å². The molecular formula is C11H11N3O. The molecule has 0 saturated carbocycles. The minimum absolute atomic E-state index is 0.0105. The summed E-state index contributed by atoms with van der Waals surface area (Å²) in [5.74, 6) is 0. The molecule has 0 spiro atoms. The maximum absolute atomic E-state index is 9.72. The van der Waals surface area contributed by atoms with Gasteiger partial charge in [0.05, 0.1) is 11.9 Å². The molecule has 0 aliphatic rings. The van der Waals surface area contributed by atoms with Gasteiger partial charge in [-0.05, 0) is 6.92 Å². The normalized spacial score (nSPS) is 10.2. The Balaban J connectivity index is 2.66. The van der Waals surface area contributed by atoms with E-state index in [9.17, 15) is 5.21 Å². The van der Waals surface area contributed by atoms with Crippen LogP contribution >= 0.6 is 0 Å². The zero-order valence-corrected chi connectivity index (χ0v) is 8.31. The number of hydrogen-bond acceptors (Lipinski definition) is 3. The molecule has 0 radical (unpaired) electrons. The summed E-state index contributed by atoms with van der Waals surface area (Å²) in [6.45, 7) is 1.68. The van der Waals surface area contributed by atoms with Crippen molar-refractivity contribution < 1.29 is 5.21 Å². The highest BCUT2D eigenvalue weighted by Crippen LogP contribution is 2.14. The van der Waals surface area contributed by atoms with Crippen molar-refractivity contribution in [1.29, 1.82) is 5.41 Å². The highest BCUT2D eigenvalue weighted by molar-refractivity contribution is 5.57. The average molecular weight is 201 g/mol. The second kappa shape index (κ2) is 3.57.